The number of hydrogen-bond acceptors (Lipinski definition) is 3. The van der Waals surface area contributed by atoms with Crippen LogP contribution in [0.3, 0.4) is 0 Å². The Morgan fingerprint density at radius 2 is 2.10 bits per heavy atom. The Balaban J connectivity index is 2.01. The summed E-state index contributed by atoms with van der Waals surface area (Å²) < 4.78 is 0. The summed E-state index contributed by atoms with van der Waals surface area (Å²) in [5.41, 5.74) is 1.69. The maximum absolute atomic E-state index is 12.3. The van der Waals surface area contributed by atoms with Crippen molar-refractivity contribution >= 4 is 11.7 Å². The lowest BCUT2D eigenvalue weighted by molar-refractivity contribution is 0.0947. The van der Waals surface area contributed by atoms with E-state index in [0.717, 1.165) is 30.9 Å². The molecule has 4 nitrogen and oxygen atoms in total. The third-order valence-corrected chi connectivity index (χ3v) is 3.93. The van der Waals surface area contributed by atoms with Gasteiger partial charge in [-0.3, -0.25) is 4.79 Å². The molecule has 0 atom stereocenters. The fraction of sp³-hybridized carbons (Fsp3) is 0.625. The molecule has 1 aromatic rings. The zero-order valence-corrected chi connectivity index (χ0v) is 12.5. The Morgan fingerprint density at radius 3 is 2.75 bits per heavy atom. The molecule has 1 heterocycles. The molecular formula is C16H25N3O. The molecule has 0 spiro atoms. The van der Waals surface area contributed by atoms with Crippen molar-refractivity contribution in [2.75, 3.05) is 18.9 Å². The van der Waals surface area contributed by atoms with Crippen molar-refractivity contribution < 1.29 is 4.79 Å². The number of aromatic nitrogens is 1. The van der Waals surface area contributed by atoms with Gasteiger partial charge >= 0.3 is 0 Å². The van der Waals surface area contributed by atoms with Crippen LogP contribution in [0.15, 0.2) is 12.1 Å². The highest BCUT2D eigenvalue weighted by Gasteiger charge is 2.16. The van der Waals surface area contributed by atoms with Crippen molar-refractivity contribution in [3.63, 3.8) is 0 Å². The van der Waals surface area contributed by atoms with Gasteiger partial charge in [0.15, 0.2) is 0 Å². The predicted molar refractivity (Wildman–Crippen MR) is 82.1 cm³/mol. The summed E-state index contributed by atoms with van der Waals surface area (Å²) in [6, 6.07) is 3.73. The van der Waals surface area contributed by atoms with Crippen LogP contribution in [0.2, 0.25) is 0 Å². The van der Waals surface area contributed by atoms with Crippen LogP contribution in [0.5, 0.6) is 0 Å². The molecule has 0 bridgehead atoms. The van der Waals surface area contributed by atoms with Crippen LogP contribution in [-0.2, 0) is 6.42 Å². The molecule has 2 rings (SSSR count). The van der Waals surface area contributed by atoms with Crippen molar-refractivity contribution in [2.24, 2.45) is 5.92 Å². The van der Waals surface area contributed by atoms with Crippen molar-refractivity contribution in [1.29, 1.82) is 0 Å². The molecule has 110 valence electrons. The van der Waals surface area contributed by atoms with Crippen LogP contribution in [0.25, 0.3) is 0 Å². The van der Waals surface area contributed by atoms with E-state index in [2.05, 4.69) is 22.5 Å². The van der Waals surface area contributed by atoms with Gasteiger partial charge in [0.1, 0.15) is 5.82 Å². The average molecular weight is 275 g/mol. The van der Waals surface area contributed by atoms with E-state index < -0.39 is 0 Å². The Labute approximate surface area is 121 Å². The van der Waals surface area contributed by atoms with E-state index >= 15 is 0 Å². The SMILES string of the molecule is CCCc1cc(C(=O)NCC2CCCC2)cc(NC)n1. The maximum atomic E-state index is 12.3. The second kappa shape index (κ2) is 7.27. The first-order valence-corrected chi connectivity index (χ1v) is 7.69. The fourth-order valence-corrected chi connectivity index (χ4v) is 2.78. The van der Waals surface area contributed by atoms with Gasteiger partial charge in [-0.15, -0.1) is 0 Å². The number of carbonyl (C=O) groups is 1. The lowest BCUT2D eigenvalue weighted by Gasteiger charge is -2.12. The quantitative estimate of drug-likeness (QED) is 0.839. The van der Waals surface area contributed by atoms with Gasteiger partial charge in [0.05, 0.1) is 0 Å². The van der Waals surface area contributed by atoms with Gasteiger partial charge in [0.25, 0.3) is 5.91 Å². The Morgan fingerprint density at radius 1 is 1.35 bits per heavy atom. The van der Waals surface area contributed by atoms with Crippen molar-refractivity contribution in [3.05, 3.63) is 23.4 Å². The molecule has 0 saturated heterocycles. The molecule has 0 aliphatic heterocycles. The van der Waals surface area contributed by atoms with Crippen LogP contribution >= 0.6 is 0 Å². The molecule has 0 unspecified atom stereocenters. The van der Waals surface area contributed by atoms with E-state index in [4.69, 9.17) is 0 Å². The summed E-state index contributed by atoms with van der Waals surface area (Å²) in [7, 11) is 1.83. The Kier molecular flexibility index (Phi) is 5.39. The van der Waals surface area contributed by atoms with Gasteiger partial charge in [-0.2, -0.15) is 0 Å². The number of anilines is 1. The molecule has 4 heteroatoms. The molecule has 0 radical (unpaired) electrons. The number of hydrogen-bond donors (Lipinski definition) is 2. The molecule has 20 heavy (non-hydrogen) atoms. The number of rotatable bonds is 6. The number of amides is 1. The largest absolute Gasteiger partial charge is 0.373 e. The van der Waals surface area contributed by atoms with E-state index in [0.29, 0.717) is 11.5 Å². The maximum Gasteiger partial charge on any atom is 0.251 e. The van der Waals surface area contributed by atoms with Crippen LogP contribution in [-0.4, -0.2) is 24.5 Å². The molecule has 0 aromatic carbocycles. The number of nitrogens with zero attached hydrogens (tertiary/aromatic N) is 1. The summed E-state index contributed by atoms with van der Waals surface area (Å²) in [4.78, 5) is 16.7. The minimum Gasteiger partial charge on any atom is -0.373 e. The Hall–Kier alpha value is -1.58. The average Bonchev–Trinajstić information content (AvgIpc) is 2.98. The zero-order chi connectivity index (χ0) is 14.4. The molecule has 1 aliphatic carbocycles. The molecule has 1 fully saturated rings. The number of carbonyl (C=O) groups excluding carboxylic acids is 1. The highest BCUT2D eigenvalue weighted by Crippen LogP contribution is 2.23. The summed E-state index contributed by atoms with van der Waals surface area (Å²) in [6.45, 7) is 2.92. The van der Waals surface area contributed by atoms with Crippen molar-refractivity contribution in [3.8, 4) is 0 Å². The summed E-state index contributed by atoms with van der Waals surface area (Å²) >= 11 is 0. The lowest BCUT2D eigenvalue weighted by atomic mass is 10.1. The fourth-order valence-electron chi connectivity index (χ4n) is 2.78. The zero-order valence-electron chi connectivity index (χ0n) is 12.5. The van der Waals surface area contributed by atoms with E-state index in [1.165, 1.54) is 25.7 Å². The van der Waals surface area contributed by atoms with Gasteiger partial charge in [-0.25, -0.2) is 4.98 Å². The molecule has 1 aliphatic rings. The summed E-state index contributed by atoms with van der Waals surface area (Å²) in [5, 5.41) is 6.09. The van der Waals surface area contributed by atoms with Crippen LogP contribution in [0.1, 0.15) is 55.1 Å². The van der Waals surface area contributed by atoms with Crippen molar-refractivity contribution in [2.45, 2.75) is 45.4 Å². The molecule has 2 N–H and O–H groups in total. The second-order valence-electron chi connectivity index (χ2n) is 5.59. The Bertz CT molecular complexity index is 453. The second-order valence-corrected chi connectivity index (χ2v) is 5.59. The minimum absolute atomic E-state index is 0.0214. The van der Waals surface area contributed by atoms with Crippen LogP contribution in [0, 0.1) is 5.92 Å². The van der Waals surface area contributed by atoms with E-state index in [1.807, 2.05) is 19.2 Å². The smallest absolute Gasteiger partial charge is 0.251 e. The van der Waals surface area contributed by atoms with Gasteiger partial charge in [-0.05, 0) is 37.3 Å². The van der Waals surface area contributed by atoms with Gasteiger partial charge in [-0.1, -0.05) is 26.2 Å². The van der Waals surface area contributed by atoms with Gasteiger partial charge in [0, 0.05) is 24.8 Å². The number of aryl methyl sites for hydroxylation is 1. The van der Waals surface area contributed by atoms with E-state index in [9.17, 15) is 4.79 Å². The van der Waals surface area contributed by atoms with E-state index in [1.54, 1.807) is 0 Å². The molecule has 1 aromatic heterocycles. The van der Waals surface area contributed by atoms with Crippen LogP contribution in [0.4, 0.5) is 5.82 Å². The molecule has 1 amide bonds. The number of pyridine rings is 1. The van der Waals surface area contributed by atoms with Gasteiger partial charge in [0.2, 0.25) is 0 Å². The van der Waals surface area contributed by atoms with Gasteiger partial charge < -0.3 is 10.6 Å². The summed E-state index contributed by atoms with van der Waals surface area (Å²) in [5.74, 6) is 1.45. The standard InChI is InChI=1S/C16H25N3O/c1-3-6-14-9-13(10-15(17-2)19-14)16(20)18-11-12-7-4-5-8-12/h9-10,12H,3-8,11H2,1-2H3,(H,17,19)(H,18,20). The molecular weight excluding hydrogens is 250 g/mol. The highest BCUT2D eigenvalue weighted by atomic mass is 16.1. The normalized spacial score (nSPS) is 15.3. The third kappa shape index (κ3) is 3.95. The highest BCUT2D eigenvalue weighted by molar-refractivity contribution is 5.95. The summed E-state index contributed by atoms with van der Waals surface area (Å²) in [6.07, 6.45) is 7.04. The molecule has 1 saturated carbocycles. The first-order chi connectivity index (χ1) is 9.72. The van der Waals surface area contributed by atoms with Crippen molar-refractivity contribution in [1.82, 2.24) is 10.3 Å². The van der Waals surface area contributed by atoms with Crippen LogP contribution < -0.4 is 10.6 Å². The predicted octanol–water partition coefficient (Wildman–Crippen LogP) is 3.00. The third-order valence-electron chi connectivity index (χ3n) is 3.93. The minimum atomic E-state index is 0.0214. The topological polar surface area (TPSA) is 54.0 Å². The monoisotopic (exact) mass is 275 g/mol. The van der Waals surface area contributed by atoms with E-state index in [-0.39, 0.29) is 5.91 Å². The first kappa shape index (κ1) is 14.8. The first-order valence-electron chi connectivity index (χ1n) is 7.69. The number of nitrogens with one attached hydrogen (secondary N) is 2. The lowest BCUT2D eigenvalue weighted by Crippen LogP contribution is -2.28.